The molecular weight excluding hydrogens is 240 g/mol. The molecule has 19 heavy (non-hydrogen) atoms. The number of likely N-dealkylation sites (N-methyl/N-ethyl adjacent to an activating group) is 1. The van der Waals surface area contributed by atoms with Crippen molar-refractivity contribution in [2.75, 3.05) is 53.4 Å². The second kappa shape index (κ2) is 6.68. The molecule has 110 valence electrons. The first kappa shape index (κ1) is 14.8. The summed E-state index contributed by atoms with van der Waals surface area (Å²) in [6, 6.07) is 0.618. The van der Waals surface area contributed by atoms with Gasteiger partial charge in [0.25, 0.3) is 0 Å². The minimum absolute atomic E-state index is 0.0286. The molecule has 0 aromatic heterocycles. The number of nitrogens with one attached hydrogen (secondary N) is 1. The summed E-state index contributed by atoms with van der Waals surface area (Å²) in [5.74, 6) is 0.306. The quantitative estimate of drug-likeness (QED) is 0.771. The van der Waals surface area contributed by atoms with Crippen LogP contribution in [0, 0.1) is 0 Å². The first-order valence-electron chi connectivity index (χ1n) is 7.49. The molecule has 1 N–H and O–H groups in total. The summed E-state index contributed by atoms with van der Waals surface area (Å²) in [6.07, 6.45) is 2.44. The Balaban J connectivity index is 1.90. The first-order valence-corrected chi connectivity index (χ1v) is 7.49. The van der Waals surface area contributed by atoms with Crippen LogP contribution in [0.15, 0.2) is 0 Å². The van der Waals surface area contributed by atoms with Gasteiger partial charge in [0, 0.05) is 38.8 Å². The normalized spacial score (nSPS) is 27.6. The van der Waals surface area contributed by atoms with Crippen molar-refractivity contribution in [2.45, 2.75) is 31.8 Å². The van der Waals surface area contributed by atoms with E-state index in [4.69, 9.17) is 0 Å². The summed E-state index contributed by atoms with van der Waals surface area (Å²) in [4.78, 5) is 19.2. The van der Waals surface area contributed by atoms with Gasteiger partial charge in [-0.25, -0.2) is 0 Å². The molecule has 5 heteroatoms. The fourth-order valence-electron chi connectivity index (χ4n) is 3.06. The van der Waals surface area contributed by atoms with Crippen LogP contribution in [0.2, 0.25) is 0 Å². The smallest absolute Gasteiger partial charge is 0.239 e. The maximum absolute atomic E-state index is 12.5. The van der Waals surface area contributed by atoms with Gasteiger partial charge in [-0.2, -0.15) is 0 Å². The van der Waals surface area contributed by atoms with Gasteiger partial charge in [-0.15, -0.1) is 0 Å². The minimum Gasteiger partial charge on any atom is -0.339 e. The third-order valence-electron chi connectivity index (χ3n) is 4.49. The van der Waals surface area contributed by atoms with Crippen molar-refractivity contribution in [2.24, 2.45) is 0 Å². The molecule has 0 aliphatic carbocycles. The fraction of sp³-hybridized carbons (Fsp3) is 0.929. The number of hydrogen-bond donors (Lipinski definition) is 1. The zero-order valence-electron chi connectivity index (χ0n) is 12.6. The molecule has 0 saturated carbocycles. The van der Waals surface area contributed by atoms with Crippen LogP contribution < -0.4 is 5.32 Å². The average molecular weight is 268 g/mol. The van der Waals surface area contributed by atoms with E-state index >= 15 is 0 Å². The molecule has 2 rings (SSSR count). The number of amides is 1. The van der Waals surface area contributed by atoms with Crippen LogP contribution >= 0.6 is 0 Å². The number of nitrogens with zero attached hydrogens (tertiary/aromatic N) is 3. The highest BCUT2D eigenvalue weighted by atomic mass is 16.2. The van der Waals surface area contributed by atoms with Gasteiger partial charge in [0.1, 0.15) is 0 Å². The SMILES string of the molecule is CC(C(=O)N1CCNCC1)N1CCCC(N(C)C)C1. The van der Waals surface area contributed by atoms with Crippen molar-refractivity contribution >= 4 is 5.91 Å². The zero-order chi connectivity index (χ0) is 13.8. The van der Waals surface area contributed by atoms with Crippen LogP contribution in [-0.4, -0.2) is 86.1 Å². The number of carbonyl (C=O) groups excluding carboxylic acids is 1. The van der Waals surface area contributed by atoms with Crippen molar-refractivity contribution in [1.29, 1.82) is 0 Å². The minimum atomic E-state index is 0.0286. The number of likely N-dealkylation sites (tertiary alicyclic amines) is 1. The van der Waals surface area contributed by atoms with Gasteiger partial charge in [-0.05, 0) is 40.4 Å². The molecular formula is C14H28N4O. The van der Waals surface area contributed by atoms with Crippen LogP contribution in [0.3, 0.4) is 0 Å². The molecule has 2 aliphatic heterocycles. The molecule has 2 atom stereocenters. The van der Waals surface area contributed by atoms with E-state index in [0.29, 0.717) is 11.9 Å². The van der Waals surface area contributed by atoms with E-state index < -0.39 is 0 Å². The summed E-state index contributed by atoms with van der Waals surface area (Å²) in [5.41, 5.74) is 0. The number of rotatable bonds is 3. The van der Waals surface area contributed by atoms with Gasteiger partial charge in [0.15, 0.2) is 0 Å². The van der Waals surface area contributed by atoms with Crippen molar-refractivity contribution in [3.63, 3.8) is 0 Å². The highest BCUT2D eigenvalue weighted by Crippen LogP contribution is 2.17. The van der Waals surface area contributed by atoms with Crippen molar-refractivity contribution < 1.29 is 4.79 Å². The van der Waals surface area contributed by atoms with E-state index in [1.54, 1.807) is 0 Å². The Morgan fingerprint density at radius 3 is 2.58 bits per heavy atom. The molecule has 0 aromatic carbocycles. The van der Waals surface area contributed by atoms with Crippen molar-refractivity contribution in [1.82, 2.24) is 20.0 Å². The van der Waals surface area contributed by atoms with E-state index in [0.717, 1.165) is 39.3 Å². The second-order valence-electron chi connectivity index (χ2n) is 6.01. The summed E-state index contributed by atoms with van der Waals surface area (Å²) in [7, 11) is 4.27. The Morgan fingerprint density at radius 2 is 1.95 bits per heavy atom. The van der Waals surface area contributed by atoms with Gasteiger partial charge in [0.2, 0.25) is 5.91 Å². The lowest BCUT2D eigenvalue weighted by atomic mass is 10.0. The van der Waals surface area contributed by atoms with Gasteiger partial charge >= 0.3 is 0 Å². The number of piperidine rings is 1. The Bertz CT molecular complexity index is 302. The Morgan fingerprint density at radius 1 is 1.26 bits per heavy atom. The van der Waals surface area contributed by atoms with E-state index in [9.17, 15) is 4.79 Å². The van der Waals surface area contributed by atoms with Crippen LogP contribution in [0.4, 0.5) is 0 Å². The van der Waals surface area contributed by atoms with Crippen LogP contribution in [0.25, 0.3) is 0 Å². The molecule has 0 radical (unpaired) electrons. The largest absolute Gasteiger partial charge is 0.339 e. The highest BCUT2D eigenvalue weighted by molar-refractivity contribution is 5.81. The number of hydrogen-bond acceptors (Lipinski definition) is 4. The number of carbonyl (C=O) groups is 1. The fourth-order valence-corrected chi connectivity index (χ4v) is 3.06. The molecule has 0 aromatic rings. The molecule has 2 fully saturated rings. The topological polar surface area (TPSA) is 38.8 Å². The van der Waals surface area contributed by atoms with Crippen molar-refractivity contribution in [3.8, 4) is 0 Å². The van der Waals surface area contributed by atoms with Gasteiger partial charge in [0.05, 0.1) is 6.04 Å². The van der Waals surface area contributed by atoms with E-state index in [2.05, 4.69) is 36.1 Å². The molecule has 2 saturated heterocycles. The Kier molecular flexibility index (Phi) is 5.19. The predicted molar refractivity (Wildman–Crippen MR) is 77.2 cm³/mol. The molecule has 5 nitrogen and oxygen atoms in total. The molecule has 2 unspecified atom stereocenters. The molecule has 0 spiro atoms. The monoisotopic (exact) mass is 268 g/mol. The summed E-state index contributed by atoms with van der Waals surface area (Å²) in [6.45, 7) is 7.72. The average Bonchev–Trinajstić information content (AvgIpc) is 2.46. The Hall–Kier alpha value is -0.650. The summed E-state index contributed by atoms with van der Waals surface area (Å²) in [5, 5.41) is 3.30. The van der Waals surface area contributed by atoms with Gasteiger partial charge in [-0.3, -0.25) is 9.69 Å². The standard InChI is InChI=1S/C14H28N4O/c1-12(14(19)17-9-6-15-7-10-17)18-8-4-5-13(11-18)16(2)3/h12-13,15H,4-11H2,1-3H3. The molecule has 1 amide bonds. The first-order chi connectivity index (χ1) is 9.09. The molecule has 2 aliphatic rings. The third-order valence-corrected chi connectivity index (χ3v) is 4.49. The number of piperazine rings is 1. The maximum atomic E-state index is 12.5. The van der Waals surface area contributed by atoms with Gasteiger partial charge < -0.3 is 15.1 Å². The Labute approximate surface area is 116 Å². The predicted octanol–water partition coefficient (Wildman–Crippen LogP) is -0.167. The second-order valence-corrected chi connectivity index (χ2v) is 6.01. The van der Waals surface area contributed by atoms with Gasteiger partial charge in [-0.1, -0.05) is 0 Å². The lowest BCUT2D eigenvalue weighted by Crippen LogP contribution is -2.56. The third kappa shape index (κ3) is 3.68. The van der Waals surface area contributed by atoms with Crippen LogP contribution in [-0.2, 0) is 4.79 Å². The lowest BCUT2D eigenvalue weighted by Gasteiger charge is -2.40. The molecule has 0 bridgehead atoms. The summed E-state index contributed by atoms with van der Waals surface area (Å²) >= 11 is 0. The van der Waals surface area contributed by atoms with Crippen LogP contribution in [0.5, 0.6) is 0 Å². The van der Waals surface area contributed by atoms with E-state index in [-0.39, 0.29) is 6.04 Å². The summed E-state index contributed by atoms with van der Waals surface area (Å²) < 4.78 is 0. The van der Waals surface area contributed by atoms with E-state index in [1.807, 2.05) is 4.90 Å². The van der Waals surface area contributed by atoms with Crippen LogP contribution in [0.1, 0.15) is 19.8 Å². The van der Waals surface area contributed by atoms with E-state index in [1.165, 1.54) is 12.8 Å². The zero-order valence-corrected chi connectivity index (χ0v) is 12.6. The highest BCUT2D eigenvalue weighted by Gasteiger charge is 2.30. The van der Waals surface area contributed by atoms with Crippen molar-refractivity contribution in [3.05, 3.63) is 0 Å². The lowest BCUT2D eigenvalue weighted by molar-refractivity contribution is -0.137. The maximum Gasteiger partial charge on any atom is 0.239 e. The molecule has 2 heterocycles.